The zero-order valence-electron chi connectivity index (χ0n) is 22.7. The maximum Gasteiger partial charge on any atom is -0.0130 e. The average molecular weight is 583 g/mol. The topological polar surface area (TPSA) is 9.23 Å². The molecule has 0 saturated heterocycles. The molecule has 0 spiro atoms. The van der Waals surface area contributed by atoms with Crippen molar-refractivity contribution in [1.29, 1.82) is 0 Å². The predicted octanol–water partition coefficient (Wildman–Crippen LogP) is 7.22. The number of hydrogen-bond acceptors (Lipinski definition) is 1. The minimum Gasteiger partial charge on any atom is -0.0817 e. The van der Waals surface area contributed by atoms with Crippen molar-refractivity contribution in [1.82, 2.24) is 0 Å². The van der Waals surface area contributed by atoms with E-state index in [1.165, 1.54) is 40.2 Å². The van der Waals surface area contributed by atoms with Gasteiger partial charge in [-0.25, -0.2) is 0 Å². The van der Waals surface area contributed by atoms with Gasteiger partial charge in [0.15, 0.2) is 0 Å². The van der Waals surface area contributed by atoms with E-state index in [1.807, 2.05) is 0 Å². The molecule has 2 aromatic rings. The number of rotatable bonds is 4. The fraction of sp³-hybridized carbons (Fsp3) is 0.367. The Morgan fingerprint density at radius 3 is 1.09 bits per heavy atom. The van der Waals surface area contributed by atoms with E-state index < -0.39 is 0 Å². The summed E-state index contributed by atoms with van der Waals surface area (Å²) in [7, 11) is 1.86. The van der Waals surface area contributed by atoms with Gasteiger partial charge in [-0.15, -0.1) is 0 Å². The second kappa shape index (κ2) is 19.7. The van der Waals surface area contributed by atoms with Crippen LogP contribution in [-0.4, -0.2) is 44.6 Å². The molecule has 1 aliphatic rings. The molecule has 0 bridgehead atoms. The molecule has 0 aromatic heterocycles. The summed E-state index contributed by atoms with van der Waals surface area (Å²) in [6.07, 6.45) is 1.80. The summed E-state index contributed by atoms with van der Waals surface area (Å²) in [6.45, 7) is 20.7. The molecule has 1 nitrogen and oxygen atoms in total. The first-order valence-corrected chi connectivity index (χ1v) is 16.7. The van der Waals surface area contributed by atoms with Crippen LogP contribution in [0, 0.1) is 29.6 Å². The largest absolute Gasteiger partial charge is 0.0817 e. The van der Waals surface area contributed by atoms with Gasteiger partial charge in [-0.3, -0.25) is 0 Å². The molecule has 1 fully saturated rings. The summed E-state index contributed by atoms with van der Waals surface area (Å²) in [5.41, 5.74) is 0. The second-order valence-corrected chi connectivity index (χ2v) is 13.5. The van der Waals surface area contributed by atoms with Gasteiger partial charge in [0.25, 0.3) is 0 Å². The van der Waals surface area contributed by atoms with Gasteiger partial charge in [-0.05, 0) is 66.9 Å². The summed E-state index contributed by atoms with van der Waals surface area (Å²) >= 11 is 2.26. The maximum absolute atomic E-state index is 4.65. The summed E-state index contributed by atoms with van der Waals surface area (Å²) in [6, 6.07) is 21.2. The molecule has 0 unspecified atom stereocenters. The number of methoxy groups -OCH3 is 1. The predicted molar refractivity (Wildman–Crippen MR) is 156 cm³/mol. The minimum atomic E-state index is 0.104. The summed E-state index contributed by atoms with van der Waals surface area (Å²) in [4.78, 5) is 0. The first-order valence-electron chi connectivity index (χ1n) is 11.4. The van der Waals surface area contributed by atoms with E-state index >= 15 is 0 Å². The summed E-state index contributed by atoms with van der Waals surface area (Å²) in [5, 5.41) is 2.96. The van der Waals surface area contributed by atoms with Crippen molar-refractivity contribution in [3.63, 3.8) is 0 Å². The Hall–Kier alpha value is -0.467. The van der Waals surface area contributed by atoms with Gasteiger partial charge in [-0.1, -0.05) is 111 Å². The zero-order valence-corrected chi connectivity index (χ0v) is 26.2. The van der Waals surface area contributed by atoms with Crippen molar-refractivity contribution in [2.45, 2.75) is 34.6 Å². The molecule has 5 radical (unpaired) electrons. The van der Waals surface area contributed by atoms with Crippen molar-refractivity contribution < 1.29 is 22.6 Å². The van der Waals surface area contributed by atoms with Crippen molar-refractivity contribution in [3.05, 3.63) is 96.3 Å². The Morgan fingerprint density at radius 1 is 0.647 bits per heavy atom. The molecule has 34 heavy (non-hydrogen) atoms. The van der Waals surface area contributed by atoms with Gasteiger partial charge in [0.1, 0.15) is 0 Å². The van der Waals surface area contributed by atoms with E-state index in [-0.39, 0.29) is 15.8 Å². The van der Waals surface area contributed by atoms with Crippen molar-refractivity contribution in [2.24, 2.45) is 0 Å². The molecule has 0 aliphatic heterocycles. The van der Waals surface area contributed by atoms with E-state index in [2.05, 4.69) is 149 Å². The first kappa shape index (κ1) is 33.5. The van der Waals surface area contributed by atoms with E-state index in [0.717, 1.165) is 0 Å². The minimum absolute atomic E-state index is 0.104. The first-order chi connectivity index (χ1) is 16.1. The molecule has 3 rings (SSSR count). The van der Waals surface area contributed by atoms with E-state index in [9.17, 15) is 0 Å². The standard InChI is InChI=1S/C10H15.2C8H11P.C4H6O.Ru/c1-6-7(2)9(4)10(5)8(6)3;2*1-9(2)8-6-4-3-5-7-8;1-3-4-5-2;/h1-5H3;2*3-7H,1-2H3;3H,4H2,2H3;/q;;;;+1. The van der Waals surface area contributed by atoms with Crippen LogP contribution in [0.25, 0.3) is 0 Å². The molecule has 2 aromatic carbocycles. The third kappa shape index (κ3) is 13.6. The second-order valence-electron chi connectivity index (χ2n) is 8.35. The molecule has 1 aliphatic carbocycles. The van der Waals surface area contributed by atoms with Gasteiger partial charge in [0, 0.05) is 0 Å². The Kier molecular flexibility index (Phi) is 19.4. The third-order valence-corrected chi connectivity index (χ3v) is 8.70. The number of benzene rings is 2. The Balaban J connectivity index is 0.000000434. The molecule has 1 saturated carbocycles. The van der Waals surface area contributed by atoms with Gasteiger partial charge in [-0.2, -0.15) is 0 Å². The number of ether oxygens (including phenoxy) is 1. The quantitative estimate of drug-likeness (QED) is 0.273. The van der Waals surface area contributed by atoms with Gasteiger partial charge in [0.05, 0.1) is 0 Å². The molecule has 0 heterocycles. The van der Waals surface area contributed by atoms with Crippen LogP contribution in [-0.2, 0) is 22.6 Å². The molecule has 0 atom stereocenters. The van der Waals surface area contributed by atoms with Crippen LogP contribution in [0.3, 0.4) is 0 Å². The van der Waals surface area contributed by atoms with Gasteiger partial charge in [0.2, 0.25) is 0 Å². The van der Waals surface area contributed by atoms with Crippen LogP contribution >= 0.6 is 15.8 Å². The fourth-order valence-corrected chi connectivity index (χ4v) is 4.65. The van der Waals surface area contributed by atoms with Crippen LogP contribution in [0.4, 0.5) is 0 Å². The monoisotopic (exact) mass is 583 g/mol. The zero-order chi connectivity index (χ0) is 26.1. The van der Waals surface area contributed by atoms with E-state index in [1.54, 1.807) is 13.2 Å². The fourth-order valence-electron chi connectivity index (χ4n) is 2.97. The summed E-state index contributed by atoms with van der Waals surface area (Å²) in [5.74, 6) is 7.34. The Bertz CT molecular complexity index is 700. The van der Waals surface area contributed by atoms with Crippen molar-refractivity contribution in [2.75, 3.05) is 40.4 Å². The number of hydrogen-bond donors (Lipinski definition) is 0. The molecular formula is C30H43OP2Ru+. The van der Waals surface area contributed by atoms with Crippen molar-refractivity contribution in [3.8, 4) is 0 Å². The molecule has 0 N–H and O–H groups in total. The Labute approximate surface area is 223 Å². The van der Waals surface area contributed by atoms with Crippen LogP contribution in [0.2, 0.25) is 0 Å². The molecular weight excluding hydrogens is 539 g/mol. The maximum atomic E-state index is 4.65. The van der Waals surface area contributed by atoms with Crippen LogP contribution in [0.15, 0.2) is 66.7 Å². The van der Waals surface area contributed by atoms with Crippen LogP contribution < -0.4 is 10.6 Å². The average Bonchev–Trinajstić information content (AvgIpc) is 3.02. The summed E-state index contributed by atoms with van der Waals surface area (Å²) < 4.78 is 7.40. The third-order valence-electron chi connectivity index (χ3n) is 5.68. The normalized spacial score (nSPS) is 14.9. The van der Waals surface area contributed by atoms with Gasteiger partial charge >= 0.3 is 46.6 Å². The van der Waals surface area contributed by atoms with E-state index in [4.69, 9.17) is 0 Å². The van der Waals surface area contributed by atoms with E-state index in [0.29, 0.717) is 6.61 Å². The van der Waals surface area contributed by atoms with Crippen LogP contribution in [0.1, 0.15) is 34.6 Å². The SMILES string of the molecule is COCC=[C]=[Ru+].CP(C)c1ccccc1.CP(C)c1ccccc1.C[C]1[C](C)[C](C)[C](C)[C]1C. The Morgan fingerprint density at radius 2 is 0.941 bits per heavy atom. The smallest absolute Gasteiger partial charge is 0.0130 e. The molecule has 4 heteroatoms. The molecule has 0 amide bonds. The van der Waals surface area contributed by atoms with Crippen molar-refractivity contribution >= 4 is 30.7 Å². The van der Waals surface area contributed by atoms with Gasteiger partial charge < -0.3 is 0 Å². The molecule has 186 valence electrons. The van der Waals surface area contributed by atoms with Crippen LogP contribution in [0.5, 0.6) is 0 Å².